The zero-order chi connectivity index (χ0) is 20.8. The molecular formula is C24H19FO4. The number of allylic oxidation sites excluding steroid dienone is 1. The fourth-order valence-electron chi connectivity index (χ4n) is 2.64. The van der Waals surface area contributed by atoms with Crippen molar-refractivity contribution in [3.63, 3.8) is 0 Å². The Hall–Kier alpha value is -3.73. The van der Waals surface area contributed by atoms with Crippen LogP contribution in [0.4, 0.5) is 4.39 Å². The van der Waals surface area contributed by atoms with Crippen LogP contribution in [0.15, 0.2) is 72.8 Å². The highest BCUT2D eigenvalue weighted by molar-refractivity contribution is 6.06. The lowest BCUT2D eigenvalue weighted by atomic mass is 10.1. The molecule has 0 aliphatic heterocycles. The second kappa shape index (κ2) is 8.97. The van der Waals surface area contributed by atoms with Gasteiger partial charge in [0.1, 0.15) is 5.82 Å². The molecule has 4 nitrogen and oxygen atoms in total. The Kier molecular flexibility index (Phi) is 6.19. The Morgan fingerprint density at radius 1 is 0.931 bits per heavy atom. The molecule has 0 bridgehead atoms. The standard InChI is InChI=1S/C24H19FO4/c1-16-7-11-18(12-8-16)21(26)13-9-17-10-14-22(23(15-17)28-2)29-24(27)19-5-3-4-6-20(19)25/h3-15H,1-2H3. The maximum absolute atomic E-state index is 13.8. The number of halogens is 1. The smallest absolute Gasteiger partial charge is 0.346 e. The Balaban J connectivity index is 1.76. The van der Waals surface area contributed by atoms with Gasteiger partial charge >= 0.3 is 5.97 Å². The zero-order valence-electron chi connectivity index (χ0n) is 16.0. The number of rotatable bonds is 6. The molecule has 0 aliphatic rings. The topological polar surface area (TPSA) is 52.6 Å². The van der Waals surface area contributed by atoms with Crippen molar-refractivity contribution in [1.82, 2.24) is 0 Å². The maximum atomic E-state index is 13.8. The zero-order valence-corrected chi connectivity index (χ0v) is 16.0. The molecule has 0 aliphatic carbocycles. The molecule has 29 heavy (non-hydrogen) atoms. The number of aryl methyl sites for hydroxylation is 1. The van der Waals surface area contributed by atoms with Crippen molar-refractivity contribution in [3.05, 3.63) is 101 Å². The predicted molar refractivity (Wildman–Crippen MR) is 109 cm³/mol. The number of methoxy groups -OCH3 is 1. The van der Waals surface area contributed by atoms with Crippen LogP contribution in [-0.4, -0.2) is 18.9 Å². The van der Waals surface area contributed by atoms with E-state index in [1.54, 1.807) is 36.4 Å². The summed E-state index contributed by atoms with van der Waals surface area (Å²) in [5.74, 6) is -1.16. The number of carbonyl (C=O) groups is 2. The second-order valence-corrected chi connectivity index (χ2v) is 6.34. The van der Waals surface area contributed by atoms with Crippen LogP contribution in [0.2, 0.25) is 0 Å². The van der Waals surface area contributed by atoms with E-state index in [4.69, 9.17) is 9.47 Å². The SMILES string of the molecule is COc1cc(C=CC(=O)c2ccc(C)cc2)ccc1OC(=O)c1ccccc1F. The lowest BCUT2D eigenvalue weighted by Gasteiger charge is -2.10. The predicted octanol–water partition coefficient (Wildman–Crippen LogP) is 5.26. The molecule has 0 unspecified atom stereocenters. The molecule has 0 saturated carbocycles. The van der Waals surface area contributed by atoms with Gasteiger partial charge in [-0.1, -0.05) is 54.1 Å². The molecule has 5 heteroatoms. The molecule has 3 rings (SSSR count). The third kappa shape index (κ3) is 4.96. The van der Waals surface area contributed by atoms with Crippen molar-refractivity contribution in [2.45, 2.75) is 6.92 Å². The summed E-state index contributed by atoms with van der Waals surface area (Å²) in [5.41, 5.74) is 2.19. The molecule has 0 saturated heterocycles. The summed E-state index contributed by atoms with van der Waals surface area (Å²) in [7, 11) is 1.43. The Morgan fingerprint density at radius 2 is 1.66 bits per heavy atom. The van der Waals surface area contributed by atoms with Crippen molar-refractivity contribution in [1.29, 1.82) is 0 Å². The van der Waals surface area contributed by atoms with Gasteiger partial charge in [0, 0.05) is 5.56 Å². The molecule has 0 radical (unpaired) electrons. The fourth-order valence-corrected chi connectivity index (χ4v) is 2.64. The first-order chi connectivity index (χ1) is 14.0. The van der Waals surface area contributed by atoms with Crippen molar-refractivity contribution >= 4 is 17.8 Å². The van der Waals surface area contributed by atoms with Gasteiger partial charge in [0.2, 0.25) is 0 Å². The summed E-state index contributed by atoms with van der Waals surface area (Å²) in [6.45, 7) is 1.96. The van der Waals surface area contributed by atoms with Crippen LogP contribution >= 0.6 is 0 Å². The van der Waals surface area contributed by atoms with Gasteiger partial charge in [0.15, 0.2) is 17.3 Å². The van der Waals surface area contributed by atoms with E-state index in [2.05, 4.69) is 0 Å². The lowest BCUT2D eigenvalue weighted by Crippen LogP contribution is -2.11. The molecule has 0 fully saturated rings. The van der Waals surface area contributed by atoms with Gasteiger partial charge in [0.25, 0.3) is 0 Å². The van der Waals surface area contributed by atoms with Gasteiger partial charge in [0.05, 0.1) is 12.7 Å². The third-order valence-corrected chi connectivity index (χ3v) is 4.25. The molecule has 0 N–H and O–H groups in total. The Bertz CT molecular complexity index is 1070. The van der Waals surface area contributed by atoms with E-state index in [1.165, 1.54) is 37.5 Å². The minimum absolute atomic E-state index is 0.126. The summed E-state index contributed by atoms with van der Waals surface area (Å²) in [6, 6.07) is 17.7. The third-order valence-electron chi connectivity index (χ3n) is 4.25. The van der Waals surface area contributed by atoms with Gasteiger partial charge in [-0.15, -0.1) is 0 Å². The largest absolute Gasteiger partial charge is 0.493 e. The first kappa shape index (κ1) is 20.0. The fraction of sp³-hybridized carbons (Fsp3) is 0.0833. The highest BCUT2D eigenvalue weighted by Crippen LogP contribution is 2.29. The number of hydrogen-bond acceptors (Lipinski definition) is 4. The van der Waals surface area contributed by atoms with Crippen LogP contribution in [0.25, 0.3) is 6.08 Å². The van der Waals surface area contributed by atoms with Gasteiger partial charge in [-0.05, 0) is 42.8 Å². The van der Waals surface area contributed by atoms with E-state index in [9.17, 15) is 14.0 Å². The van der Waals surface area contributed by atoms with E-state index in [-0.39, 0.29) is 17.1 Å². The molecule has 0 atom stereocenters. The summed E-state index contributed by atoms with van der Waals surface area (Å²) >= 11 is 0. The van der Waals surface area contributed by atoms with Crippen LogP contribution in [0, 0.1) is 12.7 Å². The van der Waals surface area contributed by atoms with Gasteiger partial charge < -0.3 is 9.47 Å². The summed E-state index contributed by atoms with van der Waals surface area (Å²) in [4.78, 5) is 24.5. The first-order valence-corrected chi connectivity index (χ1v) is 8.92. The summed E-state index contributed by atoms with van der Waals surface area (Å²) in [5, 5.41) is 0. The number of ketones is 1. The molecule has 0 aromatic heterocycles. The number of carbonyl (C=O) groups excluding carboxylic acids is 2. The van der Waals surface area contributed by atoms with Crippen molar-refractivity contribution in [2.75, 3.05) is 7.11 Å². The van der Waals surface area contributed by atoms with Crippen LogP contribution < -0.4 is 9.47 Å². The average Bonchev–Trinajstić information content (AvgIpc) is 2.73. The van der Waals surface area contributed by atoms with Gasteiger partial charge in [-0.3, -0.25) is 4.79 Å². The van der Waals surface area contributed by atoms with Crippen LogP contribution in [0.5, 0.6) is 11.5 Å². The average molecular weight is 390 g/mol. The molecule has 0 amide bonds. The normalized spacial score (nSPS) is 10.7. The summed E-state index contributed by atoms with van der Waals surface area (Å²) < 4.78 is 24.3. The monoisotopic (exact) mass is 390 g/mol. The number of esters is 1. The van der Waals surface area contributed by atoms with Crippen molar-refractivity contribution < 1.29 is 23.5 Å². The van der Waals surface area contributed by atoms with E-state index in [0.29, 0.717) is 16.9 Å². The number of hydrogen-bond donors (Lipinski definition) is 0. The number of benzene rings is 3. The van der Waals surface area contributed by atoms with E-state index >= 15 is 0 Å². The minimum atomic E-state index is -0.820. The molecule has 0 spiro atoms. The van der Waals surface area contributed by atoms with Crippen LogP contribution in [0.1, 0.15) is 31.8 Å². The molecule has 0 heterocycles. The van der Waals surface area contributed by atoms with Gasteiger partial charge in [-0.2, -0.15) is 0 Å². The second-order valence-electron chi connectivity index (χ2n) is 6.34. The Labute approximate surface area is 168 Å². The quantitative estimate of drug-likeness (QED) is 0.249. The molecule has 146 valence electrons. The van der Waals surface area contributed by atoms with E-state index in [1.807, 2.05) is 19.1 Å². The summed E-state index contributed by atoms with van der Waals surface area (Å²) in [6.07, 6.45) is 3.11. The number of ether oxygens (including phenoxy) is 2. The van der Waals surface area contributed by atoms with E-state index in [0.717, 1.165) is 5.56 Å². The highest BCUT2D eigenvalue weighted by atomic mass is 19.1. The lowest BCUT2D eigenvalue weighted by molar-refractivity contribution is 0.0724. The molecule has 3 aromatic carbocycles. The van der Waals surface area contributed by atoms with Crippen molar-refractivity contribution in [3.8, 4) is 11.5 Å². The van der Waals surface area contributed by atoms with E-state index < -0.39 is 11.8 Å². The van der Waals surface area contributed by atoms with Crippen LogP contribution in [-0.2, 0) is 0 Å². The molecular weight excluding hydrogens is 371 g/mol. The minimum Gasteiger partial charge on any atom is -0.493 e. The Morgan fingerprint density at radius 3 is 2.34 bits per heavy atom. The van der Waals surface area contributed by atoms with Crippen molar-refractivity contribution in [2.24, 2.45) is 0 Å². The first-order valence-electron chi connectivity index (χ1n) is 8.92. The highest BCUT2D eigenvalue weighted by Gasteiger charge is 2.16. The van der Waals surface area contributed by atoms with Crippen LogP contribution in [0.3, 0.4) is 0 Å². The van der Waals surface area contributed by atoms with Gasteiger partial charge in [-0.25, -0.2) is 9.18 Å². The maximum Gasteiger partial charge on any atom is 0.346 e. The molecule has 3 aromatic rings.